The number of anilines is 1. The number of amides is 2. The number of carbonyl (C=O) groups excluding carboxylic acids is 3. The van der Waals surface area contributed by atoms with Crippen molar-refractivity contribution in [2.45, 2.75) is 20.8 Å². The lowest BCUT2D eigenvalue weighted by Crippen LogP contribution is -2.37. The summed E-state index contributed by atoms with van der Waals surface area (Å²) in [5.41, 5.74) is 3.32. The molecule has 1 N–H and O–H groups in total. The monoisotopic (exact) mass is 368 g/mol. The Kier molecular flexibility index (Phi) is 6.71. The van der Waals surface area contributed by atoms with Gasteiger partial charge in [0.1, 0.15) is 5.75 Å². The molecule has 2 aromatic rings. The number of nitrogens with one attached hydrogen (secondary N) is 1. The van der Waals surface area contributed by atoms with Gasteiger partial charge in [0.2, 0.25) is 5.91 Å². The third kappa shape index (κ3) is 5.95. The summed E-state index contributed by atoms with van der Waals surface area (Å²) in [5.74, 6) is -0.138. The van der Waals surface area contributed by atoms with Crippen molar-refractivity contribution in [1.82, 2.24) is 4.90 Å². The Morgan fingerprint density at radius 2 is 1.70 bits per heavy atom. The highest BCUT2D eigenvalue weighted by Crippen LogP contribution is 2.16. The Balaban J connectivity index is 1.84. The second-order valence-corrected chi connectivity index (χ2v) is 6.49. The second kappa shape index (κ2) is 8.98. The third-order valence-electron chi connectivity index (χ3n) is 4.10. The first-order valence-corrected chi connectivity index (χ1v) is 8.61. The standard InChI is InChI=1S/C21H24N2O4/c1-14-5-6-15(2)19(11-14)22-20(25)12-23(4)21(26)13-27-18-9-7-17(8-10-18)16(3)24/h5-11H,12-13H2,1-4H3,(H,22,25). The molecule has 142 valence electrons. The summed E-state index contributed by atoms with van der Waals surface area (Å²) in [5, 5.41) is 2.82. The van der Waals surface area contributed by atoms with Crippen molar-refractivity contribution in [2.24, 2.45) is 0 Å². The summed E-state index contributed by atoms with van der Waals surface area (Å²) in [6.45, 7) is 5.09. The minimum atomic E-state index is -0.318. The lowest BCUT2D eigenvalue weighted by molar-refractivity contribution is -0.135. The highest BCUT2D eigenvalue weighted by Gasteiger charge is 2.14. The molecule has 0 heterocycles. The maximum Gasteiger partial charge on any atom is 0.260 e. The Hall–Kier alpha value is -3.15. The Bertz CT molecular complexity index is 844. The number of nitrogens with zero attached hydrogens (tertiary/aromatic N) is 1. The van der Waals surface area contributed by atoms with Crippen LogP contribution in [-0.4, -0.2) is 42.7 Å². The van der Waals surface area contributed by atoms with E-state index >= 15 is 0 Å². The molecule has 0 radical (unpaired) electrons. The van der Waals surface area contributed by atoms with Crippen LogP contribution in [0.2, 0.25) is 0 Å². The minimum Gasteiger partial charge on any atom is -0.484 e. The normalized spacial score (nSPS) is 10.2. The molecule has 27 heavy (non-hydrogen) atoms. The van der Waals surface area contributed by atoms with E-state index < -0.39 is 0 Å². The molecule has 6 nitrogen and oxygen atoms in total. The molecule has 0 spiro atoms. The average Bonchev–Trinajstić information content (AvgIpc) is 2.62. The van der Waals surface area contributed by atoms with Crippen molar-refractivity contribution in [3.63, 3.8) is 0 Å². The number of rotatable bonds is 7. The minimum absolute atomic E-state index is 0.0350. The molecule has 0 aromatic heterocycles. The number of Topliss-reactive ketones (excluding diaryl/α,β-unsaturated/α-hetero) is 1. The molecular weight excluding hydrogens is 344 g/mol. The molecule has 0 saturated carbocycles. The Morgan fingerprint density at radius 3 is 2.33 bits per heavy atom. The van der Waals surface area contributed by atoms with E-state index in [9.17, 15) is 14.4 Å². The topological polar surface area (TPSA) is 75.7 Å². The number of hydrogen-bond acceptors (Lipinski definition) is 4. The largest absolute Gasteiger partial charge is 0.484 e. The van der Waals surface area contributed by atoms with Gasteiger partial charge in [0, 0.05) is 18.3 Å². The van der Waals surface area contributed by atoms with Crippen LogP contribution < -0.4 is 10.1 Å². The quantitative estimate of drug-likeness (QED) is 0.763. The van der Waals surface area contributed by atoms with Gasteiger partial charge < -0.3 is 15.0 Å². The van der Waals surface area contributed by atoms with Gasteiger partial charge in [0.25, 0.3) is 5.91 Å². The zero-order valence-corrected chi connectivity index (χ0v) is 16.0. The van der Waals surface area contributed by atoms with Crippen molar-refractivity contribution >= 4 is 23.3 Å². The van der Waals surface area contributed by atoms with E-state index in [0.717, 1.165) is 16.8 Å². The van der Waals surface area contributed by atoms with Crippen LogP contribution in [0.1, 0.15) is 28.4 Å². The number of aryl methyl sites for hydroxylation is 2. The summed E-state index contributed by atoms with van der Waals surface area (Å²) < 4.78 is 5.42. The lowest BCUT2D eigenvalue weighted by Gasteiger charge is -2.18. The van der Waals surface area contributed by atoms with Gasteiger partial charge in [-0.3, -0.25) is 14.4 Å². The lowest BCUT2D eigenvalue weighted by atomic mass is 10.1. The molecule has 2 aromatic carbocycles. The smallest absolute Gasteiger partial charge is 0.260 e. The first kappa shape index (κ1) is 20.2. The molecule has 0 fully saturated rings. The van der Waals surface area contributed by atoms with E-state index in [1.807, 2.05) is 32.0 Å². The number of ether oxygens (including phenoxy) is 1. The predicted molar refractivity (Wildman–Crippen MR) is 104 cm³/mol. The van der Waals surface area contributed by atoms with Crippen LogP contribution in [0.3, 0.4) is 0 Å². The van der Waals surface area contributed by atoms with Crippen LogP contribution in [0.25, 0.3) is 0 Å². The van der Waals surface area contributed by atoms with Gasteiger partial charge in [-0.1, -0.05) is 12.1 Å². The molecule has 0 aliphatic heterocycles. The molecule has 0 aliphatic rings. The molecule has 0 unspecified atom stereocenters. The van der Waals surface area contributed by atoms with Crippen molar-refractivity contribution < 1.29 is 19.1 Å². The fourth-order valence-electron chi connectivity index (χ4n) is 2.40. The van der Waals surface area contributed by atoms with Crippen LogP contribution in [-0.2, 0) is 9.59 Å². The molecule has 0 atom stereocenters. The fraction of sp³-hybridized carbons (Fsp3) is 0.286. The van der Waals surface area contributed by atoms with Crippen LogP contribution >= 0.6 is 0 Å². The van der Waals surface area contributed by atoms with E-state index in [-0.39, 0.29) is 30.7 Å². The van der Waals surface area contributed by atoms with E-state index in [0.29, 0.717) is 11.3 Å². The maximum absolute atomic E-state index is 12.2. The average molecular weight is 368 g/mol. The molecule has 0 aliphatic carbocycles. The first-order chi connectivity index (χ1) is 12.8. The van der Waals surface area contributed by atoms with Gasteiger partial charge in [-0.15, -0.1) is 0 Å². The van der Waals surface area contributed by atoms with Gasteiger partial charge in [-0.05, 0) is 62.2 Å². The molecule has 2 rings (SSSR count). The number of likely N-dealkylation sites (N-methyl/N-ethyl adjacent to an activating group) is 1. The van der Waals surface area contributed by atoms with Gasteiger partial charge in [0.15, 0.2) is 12.4 Å². The SMILES string of the molecule is CC(=O)c1ccc(OCC(=O)N(C)CC(=O)Nc2cc(C)ccc2C)cc1. The van der Waals surface area contributed by atoms with E-state index in [1.165, 1.54) is 11.8 Å². The van der Waals surface area contributed by atoms with Crippen molar-refractivity contribution in [3.05, 3.63) is 59.2 Å². The number of benzene rings is 2. The van der Waals surface area contributed by atoms with Gasteiger partial charge in [0.05, 0.1) is 6.54 Å². The predicted octanol–water partition coefficient (Wildman–Crippen LogP) is 2.98. The molecular formula is C21H24N2O4. The second-order valence-electron chi connectivity index (χ2n) is 6.49. The van der Waals surface area contributed by atoms with E-state index in [4.69, 9.17) is 4.74 Å². The first-order valence-electron chi connectivity index (χ1n) is 8.61. The van der Waals surface area contributed by atoms with Crippen molar-refractivity contribution in [1.29, 1.82) is 0 Å². The van der Waals surface area contributed by atoms with Crippen LogP contribution in [0, 0.1) is 13.8 Å². The third-order valence-corrected chi connectivity index (χ3v) is 4.10. The Morgan fingerprint density at radius 1 is 1.04 bits per heavy atom. The molecule has 6 heteroatoms. The van der Waals surface area contributed by atoms with Crippen LogP contribution in [0.15, 0.2) is 42.5 Å². The maximum atomic E-state index is 12.2. The van der Waals surface area contributed by atoms with Crippen molar-refractivity contribution in [3.8, 4) is 5.75 Å². The number of hydrogen-bond donors (Lipinski definition) is 1. The van der Waals surface area contributed by atoms with E-state index in [1.54, 1.807) is 31.3 Å². The summed E-state index contributed by atoms with van der Waals surface area (Å²) in [7, 11) is 1.55. The summed E-state index contributed by atoms with van der Waals surface area (Å²) >= 11 is 0. The summed E-state index contributed by atoms with van der Waals surface area (Å²) in [6.07, 6.45) is 0. The van der Waals surface area contributed by atoms with Crippen molar-refractivity contribution in [2.75, 3.05) is 25.5 Å². The van der Waals surface area contributed by atoms with Gasteiger partial charge in [-0.25, -0.2) is 0 Å². The zero-order chi connectivity index (χ0) is 20.0. The fourth-order valence-corrected chi connectivity index (χ4v) is 2.40. The van der Waals surface area contributed by atoms with Crippen LogP contribution in [0.4, 0.5) is 5.69 Å². The van der Waals surface area contributed by atoms with Gasteiger partial charge >= 0.3 is 0 Å². The molecule has 2 amide bonds. The highest BCUT2D eigenvalue weighted by atomic mass is 16.5. The number of carbonyl (C=O) groups is 3. The Labute approximate surface area is 159 Å². The number of ketones is 1. The zero-order valence-electron chi connectivity index (χ0n) is 16.0. The van der Waals surface area contributed by atoms with Gasteiger partial charge in [-0.2, -0.15) is 0 Å². The molecule has 0 saturated heterocycles. The summed E-state index contributed by atoms with van der Waals surface area (Å²) in [4.78, 5) is 36.9. The highest BCUT2D eigenvalue weighted by molar-refractivity contribution is 5.95. The molecule has 0 bridgehead atoms. The van der Waals surface area contributed by atoms with E-state index in [2.05, 4.69) is 5.32 Å². The summed E-state index contributed by atoms with van der Waals surface area (Å²) in [6, 6.07) is 12.4. The van der Waals surface area contributed by atoms with Crippen LogP contribution in [0.5, 0.6) is 5.75 Å².